The molecule has 9 heavy (non-hydrogen) atoms. The van der Waals surface area contributed by atoms with Crippen LogP contribution in [0.1, 0.15) is 11.4 Å². The summed E-state index contributed by atoms with van der Waals surface area (Å²) >= 11 is 0. The van der Waals surface area contributed by atoms with Crippen LogP contribution in [0.3, 0.4) is 0 Å². The summed E-state index contributed by atoms with van der Waals surface area (Å²) < 4.78 is 31.6. The minimum absolute atomic E-state index is 0. The molecule has 0 radical (unpaired) electrons. The molecule has 2 N–H and O–H groups in total. The van der Waals surface area contributed by atoms with E-state index in [1.165, 1.54) is 0 Å². The molecule has 0 rings (SSSR count). The fraction of sp³-hybridized carbons (Fsp3) is 0. The van der Waals surface area contributed by atoms with Gasteiger partial charge in [0.25, 0.3) is 0 Å². The zero-order valence-electron chi connectivity index (χ0n) is 12.9. The van der Waals surface area contributed by atoms with Crippen molar-refractivity contribution in [3.05, 3.63) is 0 Å². The minimum atomic E-state index is -4.67. The van der Waals surface area contributed by atoms with Crippen LogP contribution in [-0.4, -0.2) is 168 Å². The molecular formula is H10Ca4O4S. The van der Waals surface area contributed by atoms with Gasteiger partial charge in [0, 0.05) is 0 Å². The molecule has 0 aromatic rings. The third-order valence-electron chi connectivity index (χ3n) is 0. The molecule has 0 spiro atoms. The molecule has 48 valence electrons. The normalized spacial score (nSPS) is 6.44. The second-order valence-electron chi connectivity index (χ2n) is 0.448. The van der Waals surface area contributed by atoms with Crippen LogP contribution in [0, 0.1) is 0 Å². The molecule has 4 nitrogen and oxygen atoms in total. The SMILES string of the molecule is O=S(=O)(O)O.[Ca+2].[Ca+2].[Ca+2].[Ca+2].[H-].[H-].[H-].[H-].[H-].[H-].[H-].[H-]. The third-order valence-corrected chi connectivity index (χ3v) is 0. The summed E-state index contributed by atoms with van der Waals surface area (Å²) in [4.78, 5) is 0. The Morgan fingerprint density at radius 1 is 0.889 bits per heavy atom. The first-order valence-electron chi connectivity index (χ1n) is 0.698. The first-order chi connectivity index (χ1) is 2.00. The van der Waals surface area contributed by atoms with Gasteiger partial charge in [-0.1, -0.05) is 0 Å². The van der Waals surface area contributed by atoms with Gasteiger partial charge in [-0.3, -0.25) is 9.11 Å². The van der Waals surface area contributed by atoms with Crippen LogP contribution in [0.15, 0.2) is 0 Å². The molecule has 0 saturated heterocycles. The van der Waals surface area contributed by atoms with E-state index in [1.54, 1.807) is 0 Å². The van der Waals surface area contributed by atoms with Gasteiger partial charge >= 0.3 is 161 Å². The summed E-state index contributed by atoms with van der Waals surface area (Å²) in [5.74, 6) is 0. The van der Waals surface area contributed by atoms with Gasteiger partial charge in [0.1, 0.15) is 0 Å². The zero-order valence-corrected chi connectivity index (χ0v) is 14.6. The molecule has 0 heterocycles. The molecule has 0 saturated carbocycles. The van der Waals surface area contributed by atoms with E-state index in [-0.39, 0.29) is 162 Å². The summed E-state index contributed by atoms with van der Waals surface area (Å²) in [5.41, 5.74) is 0. The van der Waals surface area contributed by atoms with Gasteiger partial charge in [-0.05, 0) is 0 Å². The Morgan fingerprint density at radius 2 is 0.889 bits per heavy atom. The molecule has 0 aliphatic heterocycles. The smallest absolute Gasteiger partial charge is 1.00 e. The van der Waals surface area contributed by atoms with Crippen molar-refractivity contribution >= 4 is 161 Å². The summed E-state index contributed by atoms with van der Waals surface area (Å²) in [5, 5.41) is 0. The third kappa shape index (κ3) is 63.7. The first kappa shape index (κ1) is 29.2. The molecule has 0 fully saturated rings. The van der Waals surface area contributed by atoms with Crippen LogP contribution < -0.4 is 0 Å². The maximum Gasteiger partial charge on any atom is 2.00 e. The van der Waals surface area contributed by atoms with Crippen LogP contribution in [0.4, 0.5) is 0 Å². The van der Waals surface area contributed by atoms with E-state index in [0.717, 1.165) is 0 Å². The maximum atomic E-state index is 8.74. The summed E-state index contributed by atoms with van der Waals surface area (Å²) in [6.07, 6.45) is 0. The van der Waals surface area contributed by atoms with Crippen molar-refractivity contribution in [1.82, 2.24) is 0 Å². The second kappa shape index (κ2) is 15.4. The molecule has 0 aromatic heterocycles. The Labute approximate surface area is 185 Å². The number of hydrogen-bond donors (Lipinski definition) is 2. The van der Waals surface area contributed by atoms with Gasteiger partial charge in [-0.25, -0.2) is 0 Å². The molecule has 0 aromatic carbocycles. The molecule has 0 amide bonds. The Morgan fingerprint density at radius 3 is 0.889 bits per heavy atom. The Bertz CT molecular complexity index is 113. The van der Waals surface area contributed by atoms with E-state index in [2.05, 4.69) is 0 Å². The van der Waals surface area contributed by atoms with Gasteiger partial charge in [-0.2, -0.15) is 8.42 Å². The summed E-state index contributed by atoms with van der Waals surface area (Å²) in [6, 6.07) is 0. The Balaban J connectivity index is -0.00000000121. The van der Waals surface area contributed by atoms with Gasteiger partial charge in [0.15, 0.2) is 0 Å². The van der Waals surface area contributed by atoms with E-state index < -0.39 is 10.4 Å². The molecule has 0 atom stereocenters. The molecule has 0 unspecified atom stereocenters. The van der Waals surface area contributed by atoms with Crippen LogP contribution in [0.5, 0.6) is 0 Å². The molecule has 0 aliphatic rings. The number of rotatable bonds is 0. The monoisotopic (exact) mass is 266 g/mol. The second-order valence-corrected chi connectivity index (χ2v) is 1.34. The molecule has 0 aliphatic carbocycles. The number of hydrogen-bond acceptors (Lipinski definition) is 2. The Kier molecular flexibility index (Phi) is 49.9. The van der Waals surface area contributed by atoms with Gasteiger partial charge in [0.2, 0.25) is 0 Å². The van der Waals surface area contributed by atoms with E-state index in [1.807, 2.05) is 0 Å². The fourth-order valence-corrected chi connectivity index (χ4v) is 0. The van der Waals surface area contributed by atoms with Gasteiger partial charge < -0.3 is 11.4 Å². The first-order valence-corrected chi connectivity index (χ1v) is 2.10. The van der Waals surface area contributed by atoms with E-state index in [9.17, 15) is 0 Å². The van der Waals surface area contributed by atoms with E-state index >= 15 is 0 Å². The summed E-state index contributed by atoms with van der Waals surface area (Å²) in [6.45, 7) is 0. The van der Waals surface area contributed by atoms with Crippen LogP contribution in [0.2, 0.25) is 0 Å². The molecule has 0 bridgehead atoms. The van der Waals surface area contributed by atoms with Gasteiger partial charge in [-0.15, -0.1) is 0 Å². The standard InChI is InChI=1S/4Ca.H2O4S.8H/c;;;;1-5(2,3)4;;;;;;;;/h;;;;(H2,1,2,3,4);;;;;;;;/q4*+2;;8*-1. The van der Waals surface area contributed by atoms with Crippen molar-refractivity contribution in [1.29, 1.82) is 0 Å². The Hall–Kier alpha value is 4.91. The van der Waals surface area contributed by atoms with Crippen LogP contribution in [0.25, 0.3) is 0 Å². The topological polar surface area (TPSA) is 74.6 Å². The fourth-order valence-electron chi connectivity index (χ4n) is 0. The molecular weight excluding hydrogens is 256 g/mol. The van der Waals surface area contributed by atoms with Crippen molar-refractivity contribution in [2.75, 3.05) is 0 Å². The minimum Gasteiger partial charge on any atom is -1.00 e. The quantitative estimate of drug-likeness (QED) is 0.423. The molecule has 9 heteroatoms. The van der Waals surface area contributed by atoms with Crippen molar-refractivity contribution in [2.24, 2.45) is 0 Å². The van der Waals surface area contributed by atoms with Crippen molar-refractivity contribution in [2.45, 2.75) is 0 Å². The summed E-state index contributed by atoms with van der Waals surface area (Å²) in [7, 11) is -4.67. The maximum absolute atomic E-state index is 8.74. The van der Waals surface area contributed by atoms with Crippen molar-refractivity contribution in [3.8, 4) is 0 Å². The van der Waals surface area contributed by atoms with Crippen LogP contribution in [-0.2, 0) is 10.4 Å². The van der Waals surface area contributed by atoms with Crippen LogP contribution >= 0.6 is 0 Å². The largest absolute Gasteiger partial charge is 2.00 e. The van der Waals surface area contributed by atoms with E-state index in [0.29, 0.717) is 0 Å². The zero-order chi connectivity index (χ0) is 4.50. The van der Waals surface area contributed by atoms with E-state index in [4.69, 9.17) is 17.5 Å². The predicted molar refractivity (Wildman–Crippen MR) is 46.1 cm³/mol. The van der Waals surface area contributed by atoms with Crippen molar-refractivity contribution in [3.63, 3.8) is 0 Å². The van der Waals surface area contributed by atoms with Gasteiger partial charge in [0.05, 0.1) is 0 Å². The van der Waals surface area contributed by atoms with Crippen molar-refractivity contribution < 1.29 is 28.9 Å². The predicted octanol–water partition coefficient (Wildman–Crippen LogP) is -1.28. The average Bonchev–Trinajstić information content (AvgIpc) is 0.722. The average molecular weight is 266 g/mol.